The van der Waals surface area contributed by atoms with Crippen molar-refractivity contribution in [2.45, 2.75) is 40.7 Å². The van der Waals surface area contributed by atoms with E-state index in [1.54, 1.807) is 17.7 Å². The van der Waals surface area contributed by atoms with Crippen molar-refractivity contribution >= 4 is 17.6 Å². The van der Waals surface area contributed by atoms with E-state index in [2.05, 4.69) is 10.4 Å². The number of carbonyl (C=O) groups is 2. The van der Waals surface area contributed by atoms with Gasteiger partial charge in [0.25, 0.3) is 5.91 Å². The number of carbonyl (C=O) groups excluding carboxylic acids is 2. The van der Waals surface area contributed by atoms with Gasteiger partial charge in [-0.2, -0.15) is 5.10 Å². The molecule has 1 atom stereocenters. The summed E-state index contributed by atoms with van der Waals surface area (Å²) >= 11 is 0. The van der Waals surface area contributed by atoms with Crippen molar-refractivity contribution in [3.63, 3.8) is 0 Å². The molecule has 24 heavy (non-hydrogen) atoms. The van der Waals surface area contributed by atoms with Gasteiger partial charge in [-0.3, -0.25) is 9.48 Å². The van der Waals surface area contributed by atoms with Gasteiger partial charge in [-0.25, -0.2) is 4.79 Å². The number of nitrogens with one attached hydrogen (secondary N) is 1. The number of benzene rings is 1. The van der Waals surface area contributed by atoms with E-state index >= 15 is 0 Å². The molecular weight excluding hydrogens is 306 g/mol. The third-order valence-electron chi connectivity index (χ3n) is 4.02. The second-order valence-electron chi connectivity index (χ2n) is 6.02. The molecular formula is C18H23N3O3. The van der Waals surface area contributed by atoms with Gasteiger partial charge in [-0.1, -0.05) is 17.7 Å². The molecule has 0 spiro atoms. The molecule has 0 aliphatic carbocycles. The van der Waals surface area contributed by atoms with Crippen molar-refractivity contribution < 1.29 is 14.3 Å². The lowest BCUT2D eigenvalue weighted by Crippen LogP contribution is -2.30. The summed E-state index contributed by atoms with van der Waals surface area (Å²) in [7, 11) is 1.81. The maximum absolute atomic E-state index is 12.3. The van der Waals surface area contributed by atoms with Crippen LogP contribution in [0.5, 0.6) is 0 Å². The van der Waals surface area contributed by atoms with E-state index in [0.29, 0.717) is 11.3 Å². The van der Waals surface area contributed by atoms with E-state index in [-0.39, 0.29) is 5.91 Å². The van der Waals surface area contributed by atoms with Crippen LogP contribution in [-0.4, -0.2) is 27.8 Å². The van der Waals surface area contributed by atoms with Crippen LogP contribution in [0.15, 0.2) is 18.2 Å². The summed E-state index contributed by atoms with van der Waals surface area (Å²) in [5, 5.41) is 7.03. The first-order chi connectivity index (χ1) is 11.2. The third-order valence-corrected chi connectivity index (χ3v) is 4.02. The number of amides is 1. The number of aryl methyl sites for hydroxylation is 4. The summed E-state index contributed by atoms with van der Waals surface area (Å²) in [6.07, 6.45) is -0.906. The molecule has 0 saturated heterocycles. The van der Waals surface area contributed by atoms with E-state index in [4.69, 9.17) is 4.74 Å². The number of aromatic nitrogens is 2. The summed E-state index contributed by atoms with van der Waals surface area (Å²) in [6.45, 7) is 8.97. The lowest BCUT2D eigenvalue weighted by Gasteiger charge is -2.15. The molecule has 6 heteroatoms. The summed E-state index contributed by atoms with van der Waals surface area (Å²) in [5.41, 5.74) is 4.47. The van der Waals surface area contributed by atoms with Gasteiger partial charge in [0.05, 0.1) is 22.6 Å². The molecule has 0 saturated carbocycles. The number of hydrogen-bond donors (Lipinski definition) is 1. The van der Waals surface area contributed by atoms with Gasteiger partial charge >= 0.3 is 5.97 Å². The molecule has 128 valence electrons. The van der Waals surface area contributed by atoms with Crippen LogP contribution in [0.25, 0.3) is 0 Å². The minimum atomic E-state index is -0.906. The predicted molar refractivity (Wildman–Crippen MR) is 92.1 cm³/mol. The van der Waals surface area contributed by atoms with Crippen LogP contribution in [0.3, 0.4) is 0 Å². The fourth-order valence-electron chi connectivity index (χ4n) is 2.41. The predicted octanol–water partition coefficient (Wildman–Crippen LogP) is 2.84. The zero-order valence-electron chi connectivity index (χ0n) is 14.9. The van der Waals surface area contributed by atoms with Gasteiger partial charge in [0.15, 0.2) is 6.10 Å². The highest BCUT2D eigenvalue weighted by molar-refractivity contribution is 5.98. The second kappa shape index (κ2) is 6.86. The van der Waals surface area contributed by atoms with Crippen molar-refractivity contribution in [2.24, 2.45) is 7.05 Å². The Bertz CT molecular complexity index is 793. The van der Waals surface area contributed by atoms with Crippen LogP contribution in [0, 0.1) is 27.7 Å². The van der Waals surface area contributed by atoms with Crippen molar-refractivity contribution in [2.75, 3.05) is 5.32 Å². The maximum atomic E-state index is 12.3. The standard InChI is InChI=1S/C18H23N3O3/c1-10-7-8-11(2)15(9-10)18(23)24-14(5)17(22)19-16-12(3)20-21(6)13(16)4/h7-9,14H,1-6H3,(H,19,22)/t14-/m1/s1. The fraction of sp³-hybridized carbons (Fsp3) is 0.389. The molecule has 2 aromatic rings. The molecule has 1 aromatic carbocycles. The van der Waals surface area contributed by atoms with Gasteiger partial charge < -0.3 is 10.1 Å². The molecule has 1 amide bonds. The Balaban J connectivity index is 2.08. The molecule has 1 aromatic heterocycles. The second-order valence-corrected chi connectivity index (χ2v) is 6.02. The molecule has 0 aliphatic rings. The van der Waals surface area contributed by atoms with Crippen LogP contribution in [0.1, 0.15) is 39.8 Å². The Kier molecular flexibility index (Phi) is 5.07. The van der Waals surface area contributed by atoms with Gasteiger partial charge in [0.1, 0.15) is 0 Å². The van der Waals surface area contributed by atoms with Crippen LogP contribution >= 0.6 is 0 Å². The third kappa shape index (κ3) is 3.64. The first-order valence-electron chi connectivity index (χ1n) is 7.80. The van der Waals surface area contributed by atoms with E-state index < -0.39 is 12.1 Å². The lowest BCUT2D eigenvalue weighted by atomic mass is 10.1. The van der Waals surface area contributed by atoms with E-state index in [0.717, 1.165) is 22.5 Å². The molecule has 0 fully saturated rings. The van der Waals surface area contributed by atoms with Crippen LogP contribution < -0.4 is 5.32 Å². The quantitative estimate of drug-likeness (QED) is 0.876. The number of anilines is 1. The van der Waals surface area contributed by atoms with Gasteiger partial charge in [-0.15, -0.1) is 0 Å². The smallest absolute Gasteiger partial charge is 0.339 e. The summed E-state index contributed by atoms with van der Waals surface area (Å²) in [4.78, 5) is 24.6. The van der Waals surface area contributed by atoms with E-state index in [1.807, 2.05) is 46.9 Å². The molecule has 0 bridgehead atoms. The number of rotatable bonds is 4. The zero-order chi connectivity index (χ0) is 18.0. The molecule has 1 N–H and O–H groups in total. The normalized spacial score (nSPS) is 11.9. The van der Waals surface area contributed by atoms with Crippen LogP contribution in [0.2, 0.25) is 0 Å². The first-order valence-corrected chi connectivity index (χ1v) is 7.80. The summed E-state index contributed by atoms with van der Waals surface area (Å²) in [5.74, 6) is -0.883. The van der Waals surface area contributed by atoms with Gasteiger partial charge in [0.2, 0.25) is 0 Å². The van der Waals surface area contributed by atoms with E-state index in [9.17, 15) is 9.59 Å². The molecule has 2 rings (SSSR count). The average Bonchev–Trinajstić information content (AvgIpc) is 2.75. The minimum absolute atomic E-state index is 0.382. The molecule has 0 unspecified atom stereocenters. The fourth-order valence-corrected chi connectivity index (χ4v) is 2.41. The van der Waals surface area contributed by atoms with Crippen molar-refractivity contribution in [3.8, 4) is 0 Å². The molecule has 0 radical (unpaired) electrons. The highest BCUT2D eigenvalue weighted by Gasteiger charge is 2.22. The lowest BCUT2D eigenvalue weighted by molar-refractivity contribution is -0.123. The zero-order valence-corrected chi connectivity index (χ0v) is 14.9. The van der Waals surface area contributed by atoms with Crippen molar-refractivity contribution in [1.82, 2.24) is 9.78 Å². The molecule has 0 aliphatic heterocycles. The van der Waals surface area contributed by atoms with Gasteiger partial charge in [0, 0.05) is 7.05 Å². The maximum Gasteiger partial charge on any atom is 0.339 e. The molecule has 1 heterocycles. The summed E-state index contributed by atoms with van der Waals surface area (Å²) < 4.78 is 7.01. The largest absolute Gasteiger partial charge is 0.449 e. The Hall–Kier alpha value is -2.63. The number of ether oxygens (including phenoxy) is 1. The van der Waals surface area contributed by atoms with E-state index in [1.165, 1.54) is 0 Å². The monoisotopic (exact) mass is 329 g/mol. The van der Waals surface area contributed by atoms with Crippen LogP contribution in [-0.2, 0) is 16.6 Å². The van der Waals surface area contributed by atoms with Crippen molar-refractivity contribution in [1.29, 1.82) is 0 Å². The minimum Gasteiger partial charge on any atom is -0.449 e. The Morgan fingerprint density at radius 2 is 1.88 bits per heavy atom. The van der Waals surface area contributed by atoms with Crippen molar-refractivity contribution in [3.05, 3.63) is 46.3 Å². The number of nitrogens with zero attached hydrogens (tertiary/aromatic N) is 2. The highest BCUT2D eigenvalue weighted by Crippen LogP contribution is 2.19. The first kappa shape index (κ1) is 17.7. The Morgan fingerprint density at radius 1 is 1.21 bits per heavy atom. The summed E-state index contributed by atoms with van der Waals surface area (Å²) in [6, 6.07) is 5.55. The number of hydrogen-bond acceptors (Lipinski definition) is 4. The van der Waals surface area contributed by atoms with Gasteiger partial charge in [-0.05, 0) is 46.2 Å². The molecule has 6 nitrogen and oxygen atoms in total. The highest BCUT2D eigenvalue weighted by atomic mass is 16.5. The van der Waals surface area contributed by atoms with Crippen LogP contribution in [0.4, 0.5) is 5.69 Å². The Labute approximate surface area is 141 Å². The Morgan fingerprint density at radius 3 is 2.46 bits per heavy atom. The SMILES string of the molecule is Cc1ccc(C)c(C(=O)O[C@H](C)C(=O)Nc2c(C)nn(C)c2C)c1. The number of esters is 1. The average molecular weight is 329 g/mol. The topological polar surface area (TPSA) is 73.2 Å².